The fraction of sp³-hybridized carbons (Fsp3) is 0.263. The summed E-state index contributed by atoms with van der Waals surface area (Å²) in [4.78, 5) is 16.5. The molecule has 7 heteroatoms. The van der Waals surface area contributed by atoms with Crippen LogP contribution in [0.5, 0.6) is 0 Å². The van der Waals surface area contributed by atoms with Crippen molar-refractivity contribution in [3.8, 4) is 6.07 Å². The average Bonchev–Trinajstić information content (AvgIpc) is 2.63. The van der Waals surface area contributed by atoms with Crippen molar-refractivity contribution in [2.75, 3.05) is 42.9 Å². The van der Waals surface area contributed by atoms with E-state index < -0.39 is 0 Å². The highest BCUT2D eigenvalue weighted by Crippen LogP contribution is 2.20. The number of nitriles is 1. The molecule has 0 aromatic heterocycles. The number of benzene rings is 2. The summed E-state index contributed by atoms with van der Waals surface area (Å²) in [6.45, 7) is 3.34. The number of hydrogen-bond acceptors (Lipinski definition) is 4. The van der Waals surface area contributed by atoms with Crippen molar-refractivity contribution in [3.05, 3.63) is 58.9 Å². The van der Waals surface area contributed by atoms with Crippen molar-refractivity contribution < 1.29 is 9.18 Å². The van der Waals surface area contributed by atoms with Crippen molar-refractivity contribution in [1.29, 1.82) is 5.26 Å². The Hall–Kier alpha value is -2.62. The van der Waals surface area contributed by atoms with Crippen LogP contribution in [0.3, 0.4) is 0 Å². The number of piperazine rings is 1. The van der Waals surface area contributed by atoms with Gasteiger partial charge in [0.15, 0.2) is 0 Å². The molecular formula is C19H18ClFN4O. The largest absolute Gasteiger partial charge is 0.369 e. The molecule has 1 fully saturated rings. The van der Waals surface area contributed by atoms with Gasteiger partial charge in [-0.05, 0) is 42.5 Å². The molecule has 1 amide bonds. The van der Waals surface area contributed by atoms with E-state index in [0.717, 1.165) is 31.9 Å². The van der Waals surface area contributed by atoms with Crippen LogP contribution in [-0.2, 0) is 4.79 Å². The lowest BCUT2D eigenvalue weighted by Gasteiger charge is -2.35. The first kappa shape index (κ1) is 18.2. The minimum absolute atomic E-state index is 0.124. The number of carbonyl (C=O) groups excluding carboxylic acids is 1. The lowest BCUT2D eigenvalue weighted by molar-refractivity contribution is -0.117. The van der Waals surface area contributed by atoms with Gasteiger partial charge < -0.3 is 10.2 Å². The molecule has 134 valence electrons. The van der Waals surface area contributed by atoms with Crippen LogP contribution in [0.1, 0.15) is 5.56 Å². The summed E-state index contributed by atoms with van der Waals surface area (Å²) in [7, 11) is 0. The Bertz CT molecular complexity index is 826. The molecule has 1 saturated heterocycles. The van der Waals surface area contributed by atoms with Gasteiger partial charge in [0.1, 0.15) is 11.9 Å². The summed E-state index contributed by atoms with van der Waals surface area (Å²) >= 11 is 5.98. The zero-order valence-electron chi connectivity index (χ0n) is 14.1. The van der Waals surface area contributed by atoms with E-state index in [4.69, 9.17) is 16.9 Å². The molecule has 1 N–H and O–H groups in total. The van der Waals surface area contributed by atoms with E-state index in [9.17, 15) is 9.18 Å². The fourth-order valence-corrected chi connectivity index (χ4v) is 3.13. The van der Waals surface area contributed by atoms with E-state index >= 15 is 0 Å². The van der Waals surface area contributed by atoms with Crippen LogP contribution in [0, 0.1) is 17.1 Å². The predicted octanol–water partition coefficient (Wildman–Crippen LogP) is 3.11. The lowest BCUT2D eigenvalue weighted by Crippen LogP contribution is -2.48. The summed E-state index contributed by atoms with van der Waals surface area (Å²) in [5.74, 6) is -0.368. The molecule has 0 unspecified atom stereocenters. The number of carbonyl (C=O) groups is 1. The molecule has 1 aliphatic heterocycles. The van der Waals surface area contributed by atoms with Gasteiger partial charge in [-0.3, -0.25) is 9.69 Å². The molecular weight excluding hydrogens is 355 g/mol. The Labute approximate surface area is 156 Å². The second-order valence-electron chi connectivity index (χ2n) is 6.09. The van der Waals surface area contributed by atoms with E-state index in [0.29, 0.717) is 16.3 Å². The topological polar surface area (TPSA) is 59.4 Å². The second-order valence-corrected chi connectivity index (χ2v) is 6.50. The molecule has 2 aromatic rings. The fourth-order valence-electron chi connectivity index (χ4n) is 2.90. The summed E-state index contributed by atoms with van der Waals surface area (Å²) in [6, 6.07) is 13.3. The number of nitrogens with one attached hydrogen (secondary N) is 1. The molecule has 26 heavy (non-hydrogen) atoms. The normalized spacial score (nSPS) is 14.7. The van der Waals surface area contributed by atoms with Crippen molar-refractivity contribution in [1.82, 2.24) is 4.90 Å². The summed E-state index contributed by atoms with van der Waals surface area (Å²) < 4.78 is 13.0. The van der Waals surface area contributed by atoms with Crippen LogP contribution < -0.4 is 10.2 Å². The van der Waals surface area contributed by atoms with Crippen molar-refractivity contribution >= 4 is 28.9 Å². The first-order valence-electron chi connectivity index (χ1n) is 8.27. The zero-order chi connectivity index (χ0) is 18.5. The highest BCUT2D eigenvalue weighted by molar-refractivity contribution is 6.32. The molecule has 2 aromatic carbocycles. The van der Waals surface area contributed by atoms with Gasteiger partial charge >= 0.3 is 0 Å². The molecule has 1 aliphatic rings. The Balaban J connectivity index is 1.49. The van der Waals surface area contributed by atoms with Gasteiger partial charge in [-0.25, -0.2) is 4.39 Å². The van der Waals surface area contributed by atoms with Crippen LogP contribution in [0.25, 0.3) is 0 Å². The summed E-state index contributed by atoms with van der Waals surface area (Å²) in [5, 5.41) is 12.0. The van der Waals surface area contributed by atoms with Crippen LogP contribution >= 0.6 is 11.6 Å². The van der Waals surface area contributed by atoms with Crippen LogP contribution in [0.15, 0.2) is 42.5 Å². The minimum Gasteiger partial charge on any atom is -0.369 e. The molecule has 0 atom stereocenters. The zero-order valence-corrected chi connectivity index (χ0v) is 14.8. The van der Waals surface area contributed by atoms with E-state index in [1.54, 1.807) is 30.3 Å². The van der Waals surface area contributed by atoms with Gasteiger partial charge in [-0.15, -0.1) is 0 Å². The predicted molar refractivity (Wildman–Crippen MR) is 99.8 cm³/mol. The number of hydrogen-bond donors (Lipinski definition) is 1. The summed E-state index contributed by atoms with van der Waals surface area (Å²) in [5.41, 5.74) is 1.94. The minimum atomic E-state index is -0.244. The van der Waals surface area contributed by atoms with E-state index in [1.807, 2.05) is 6.07 Å². The first-order chi connectivity index (χ1) is 12.5. The Kier molecular flexibility index (Phi) is 5.71. The summed E-state index contributed by atoms with van der Waals surface area (Å²) in [6.07, 6.45) is 0. The van der Waals surface area contributed by atoms with Crippen LogP contribution in [0.4, 0.5) is 15.8 Å². The third-order valence-electron chi connectivity index (χ3n) is 4.30. The molecule has 0 saturated carbocycles. The van der Waals surface area contributed by atoms with Crippen LogP contribution in [0.2, 0.25) is 5.02 Å². The maximum Gasteiger partial charge on any atom is 0.238 e. The molecule has 3 rings (SSSR count). The third kappa shape index (κ3) is 4.51. The molecule has 1 heterocycles. The monoisotopic (exact) mass is 372 g/mol. The number of anilines is 2. The van der Waals surface area contributed by atoms with Gasteiger partial charge in [0, 0.05) is 37.6 Å². The maximum atomic E-state index is 13.0. The molecule has 5 nitrogen and oxygen atoms in total. The second kappa shape index (κ2) is 8.17. The number of rotatable bonds is 4. The molecule has 0 radical (unpaired) electrons. The first-order valence-corrected chi connectivity index (χ1v) is 8.65. The molecule has 0 spiro atoms. The van der Waals surface area contributed by atoms with E-state index in [1.165, 1.54) is 12.1 Å². The van der Waals surface area contributed by atoms with Gasteiger partial charge in [-0.2, -0.15) is 5.26 Å². The van der Waals surface area contributed by atoms with E-state index in [-0.39, 0.29) is 18.3 Å². The Morgan fingerprint density at radius 3 is 2.46 bits per heavy atom. The van der Waals surface area contributed by atoms with Gasteiger partial charge in [-0.1, -0.05) is 11.6 Å². The average molecular weight is 373 g/mol. The van der Waals surface area contributed by atoms with Crippen molar-refractivity contribution in [2.45, 2.75) is 0 Å². The third-order valence-corrected chi connectivity index (χ3v) is 4.62. The lowest BCUT2D eigenvalue weighted by atomic mass is 10.2. The van der Waals surface area contributed by atoms with Crippen LogP contribution in [-0.4, -0.2) is 43.5 Å². The van der Waals surface area contributed by atoms with Crippen molar-refractivity contribution in [3.63, 3.8) is 0 Å². The standard InChI is InChI=1S/C19H18ClFN4O/c20-18-11-16(4-1-14(18)12-22)23-19(26)13-24-7-9-25(10-8-24)17-5-2-15(21)3-6-17/h1-6,11H,7-10,13H2,(H,23,26). The molecule has 0 bridgehead atoms. The van der Waals surface area contributed by atoms with Gasteiger partial charge in [0.05, 0.1) is 17.1 Å². The van der Waals surface area contributed by atoms with Gasteiger partial charge in [0.25, 0.3) is 0 Å². The molecule has 0 aliphatic carbocycles. The van der Waals surface area contributed by atoms with Gasteiger partial charge in [0.2, 0.25) is 5.91 Å². The smallest absolute Gasteiger partial charge is 0.238 e. The van der Waals surface area contributed by atoms with E-state index in [2.05, 4.69) is 15.1 Å². The number of nitrogens with zero attached hydrogens (tertiary/aromatic N) is 3. The number of halogens is 2. The quantitative estimate of drug-likeness (QED) is 0.895. The Morgan fingerprint density at radius 2 is 1.85 bits per heavy atom. The highest BCUT2D eigenvalue weighted by Gasteiger charge is 2.19. The van der Waals surface area contributed by atoms with Crippen molar-refractivity contribution in [2.24, 2.45) is 0 Å². The highest BCUT2D eigenvalue weighted by atomic mass is 35.5. The maximum absolute atomic E-state index is 13.0. The SMILES string of the molecule is N#Cc1ccc(NC(=O)CN2CCN(c3ccc(F)cc3)CC2)cc1Cl. The number of amides is 1. The Morgan fingerprint density at radius 1 is 1.15 bits per heavy atom.